The smallest absolute Gasteiger partial charge is 0.253 e. The van der Waals surface area contributed by atoms with E-state index in [-0.39, 0.29) is 11.8 Å². The van der Waals surface area contributed by atoms with Gasteiger partial charge in [0.05, 0.1) is 18.1 Å². The van der Waals surface area contributed by atoms with Gasteiger partial charge in [0.15, 0.2) is 0 Å². The number of nitriles is 2. The van der Waals surface area contributed by atoms with Gasteiger partial charge in [0, 0.05) is 44.7 Å². The zero-order valence-electron chi connectivity index (χ0n) is 14.2. The summed E-state index contributed by atoms with van der Waals surface area (Å²) < 4.78 is 0. The fraction of sp³-hybridized carbons (Fsp3) is 0.526. The first-order valence-corrected chi connectivity index (χ1v) is 8.55. The molecule has 1 aromatic rings. The Hall–Kier alpha value is -2.37. The third-order valence-corrected chi connectivity index (χ3v) is 4.53. The van der Waals surface area contributed by atoms with Gasteiger partial charge in [0.2, 0.25) is 0 Å². The average molecular weight is 324 g/mol. The number of benzene rings is 1. The largest absolute Gasteiger partial charge is 0.336 e. The van der Waals surface area contributed by atoms with Gasteiger partial charge in [-0.1, -0.05) is 19.1 Å². The van der Waals surface area contributed by atoms with E-state index in [4.69, 9.17) is 10.5 Å². The van der Waals surface area contributed by atoms with Crippen LogP contribution >= 0.6 is 0 Å². The molecule has 5 nitrogen and oxygen atoms in total. The normalized spacial score (nSPS) is 16.2. The molecule has 0 spiro atoms. The maximum absolute atomic E-state index is 12.5. The molecule has 0 N–H and O–H groups in total. The second kappa shape index (κ2) is 9.05. The van der Waals surface area contributed by atoms with Crippen molar-refractivity contribution in [3.05, 3.63) is 35.4 Å². The summed E-state index contributed by atoms with van der Waals surface area (Å²) in [7, 11) is 0. The van der Waals surface area contributed by atoms with E-state index in [0.29, 0.717) is 32.5 Å². The van der Waals surface area contributed by atoms with Crippen LogP contribution in [0.1, 0.15) is 35.7 Å². The first-order chi connectivity index (χ1) is 11.7. The topological polar surface area (TPSA) is 71.1 Å². The molecule has 1 fully saturated rings. The Morgan fingerprint density at radius 3 is 2.38 bits per heavy atom. The predicted molar refractivity (Wildman–Crippen MR) is 92.1 cm³/mol. The van der Waals surface area contributed by atoms with Crippen LogP contribution in [0.15, 0.2) is 24.3 Å². The van der Waals surface area contributed by atoms with Gasteiger partial charge in [-0.25, -0.2) is 0 Å². The summed E-state index contributed by atoms with van der Waals surface area (Å²) >= 11 is 0. The Morgan fingerprint density at radius 1 is 1.17 bits per heavy atom. The van der Waals surface area contributed by atoms with Gasteiger partial charge in [-0.3, -0.25) is 9.69 Å². The second-order valence-corrected chi connectivity index (χ2v) is 6.17. The number of nitrogens with zero attached hydrogens (tertiary/aromatic N) is 4. The average Bonchev–Trinajstić information content (AvgIpc) is 2.65. The summed E-state index contributed by atoms with van der Waals surface area (Å²) in [6.45, 7) is 5.72. The van der Waals surface area contributed by atoms with Crippen LogP contribution in [0.25, 0.3) is 0 Å². The predicted octanol–water partition coefficient (Wildman–Crippen LogP) is 2.45. The van der Waals surface area contributed by atoms with Crippen molar-refractivity contribution in [2.75, 3.05) is 32.7 Å². The zero-order valence-corrected chi connectivity index (χ0v) is 14.2. The van der Waals surface area contributed by atoms with Crippen LogP contribution in [0.5, 0.6) is 0 Å². The Morgan fingerprint density at radius 2 is 1.83 bits per heavy atom. The van der Waals surface area contributed by atoms with Crippen molar-refractivity contribution >= 4 is 5.91 Å². The first kappa shape index (κ1) is 18.0. The molecule has 1 unspecified atom stereocenters. The molecule has 126 valence electrons. The Balaban J connectivity index is 1.84. The van der Waals surface area contributed by atoms with Crippen LogP contribution in [0.3, 0.4) is 0 Å². The number of carbonyl (C=O) groups excluding carboxylic acids is 1. The molecular formula is C19H24N4O. The van der Waals surface area contributed by atoms with Crippen molar-refractivity contribution in [2.45, 2.75) is 26.2 Å². The molecule has 5 heteroatoms. The number of piperazine rings is 1. The molecule has 1 saturated heterocycles. The lowest BCUT2D eigenvalue weighted by atomic mass is 10.0. The maximum atomic E-state index is 12.5. The SMILES string of the molecule is CCc1ccc(C(=O)N2CCN(CC(C#N)CCC#N)CC2)cc1. The van der Waals surface area contributed by atoms with Crippen molar-refractivity contribution in [1.82, 2.24) is 9.80 Å². The minimum absolute atomic E-state index is 0.0821. The molecule has 1 atom stereocenters. The maximum Gasteiger partial charge on any atom is 0.253 e. The molecule has 0 aromatic heterocycles. The quantitative estimate of drug-likeness (QED) is 0.806. The van der Waals surface area contributed by atoms with Crippen LogP contribution in [0, 0.1) is 28.6 Å². The monoisotopic (exact) mass is 324 g/mol. The summed E-state index contributed by atoms with van der Waals surface area (Å²) in [4.78, 5) is 16.6. The van der Waals surface area contributed by atoms with Crippen molar-refractivity contribution in [2.24, 2.45) is 5.92 Å². The number of rotatable bonds is 6. The molecule has 1 aromatic carbocycles. The fourth-order valence-electron chi connectivity index (χ4n) is 2.95. The van der Waals surface area contributed by atoms with Gasteiger partial charge in [-0.2, -0.15) is 10.5 Å². The second-order valence-electron chi connectivity index (χ2n) is 6.17. The third kappa shape index (κ3) is 4.81. The van der Waals surface area contributed by atoms with Gasteiger partial charge >= 0.3 is 0 Å². The van der Waals surface area contributed by atoms with Crippen molar-refractivity contribution in [1.29, 1.82) is 10.5 Å². The molecule has 1 amide bonds. The van der Waals surface area contributed by atoms with Gasteiger partial charge in [-0.15, -0.1) is 0 Å². The molecule has 2 rings (SSSR count). The summed E-state index contributed by atoms with van der Waals surface area (Å²) in [5.74, 6) is -0.0212. The lowest BCUT2D eigenvalue weighted by Crippen LogP contribution is -2.49. The summed E-state index contributed by atoms with van der Waals surface area (Å²) in [6.07, 6.45) is 2.01. The molecule has 0 aliphatic carbocycles. The first-order valence-electron chi connectivity index (χ1n) is 8.55. The van der Waals surface area contributed by atoms with Gasteiger partial charge < -0.3 is 4.90 Å². The lowest BCUT2D eigenvalue weighted by molar-refractivity contribution is 0.0625. The third-order valence-electron chi connectivity index (χ3n) is 4.53. The molecule has 24 heavy (non-hydrogen) atoms. The summed E-state index contributed by atoms with van der Waals surface area (Å²) in [5, 5.41) is 17.8. The van der Waals surface area contributed by atoms with E-state index >= 15 is 0 Å². The Kier molecular flexibility index (Phi) is 6.78. The highest BCUT2D eigenvalue weighted by Gasteiger charge is 2.23. The van der Waals surface area contributed by atoms with Crippen LogP contribution < -0.4 is 0 Å². The lowest BCUT2D eigenvalue weighted by Gasteiger charge is -2.35. The molecule has 1 aliphatic rings. The Labute approximate surface area is 144 Å². The van der Waals surface area contributed by atoms with Crippen LogP contribution in [0.2, 0.25) is 0 Å². The van der Waals surface area contributed by atoms with E-state index in [0.717, 1.165) is 25.1 Å². The van der Waals surface area contributed by atoms with Crippen LogP contribution in [-0.2, 0) is 6.42 Å². The molecule has 0 radical (unpaired) electrons. The van der Waals surface area contributed by atoms with E-state index < -0.39 is 0 Å². The van der Waals surface area contributed by atoms with Gasteiger partial charge in [0.25, 0.3) is 5.91 Å². The highest BCUT2D eigenvalue weighted by Crippen LogP contribution is 2.13. The van der Waals surface area contributed by atoms with E-state index in [1.54, 1.807) is 0 Å². The molecule has 1 heterocycles. The van der Waals surface area contributed by atoms with E-state index in [9.17, 15) is 4.79 Å². The fourth-order valence-corrected chi connectivity index (χ4v) is 2.95. The van der Waals surface area contributed by atoms with E-state index in [1.807, 2.05) is 29.2 Å². The molecule has 0 saturated carbocycles. The minimum Gasteiger partial charge on any atom is -0.336 e. The van der Waals surface area contributed by atoms with Gasteiger partial charge in [-0.05, 0) is 30.5 Å². The number of hydrogen-bond donors (Lipinski definition) is 0. The highest BCUT2D eigenvalue weighted by molar-refractivity contribution is 5.94. The zero-order chi connectivity index (χ0) is 17.4. The molecule has 0 bridgehead atoms. The van der Waals surface area contributed by atoms with Crippen LogP contribution in [0.4, 0.5) is 0 Å². The van der Waals surface area contributed by atoms with E-state index in [2.05, 4.69) is 24.0 Å². The summed E-state index contributed by atoms with van der Waals surface area (Å²) in [6, 6.07) is 12.2. The molecule has 1 aliphatic heterocycles. The number of carbonyl (C=O) groups is 1. The van der Waals surface area contributed by atoms with Crippen molar-refractivity contribution < 1.29 is 4.79 Å². The van der Waals surface area contributed by atoms with Gasteiger partial charge in [0.1, 0.15) is 0 Å². The number of amides is 1. The van der Waals surface area contributed by atoms with Crippen molar-refractivity contribution in [3.8, 4) is 12.1 Å². The molecular weight excluding hydrogens is 300 g/mol. The minimum atomic E-state index is -0.103. The van der Waals surface area contributed by atoms with E-state index in [1.165, 1.54) is 5.56 Å². The number of aryl methyl sites for hydroxylation is 1. The Bertz CT molecular complexity index is 618. The van der Waals surface area contributed by atoms with Crippen LogP contribution in [-0.4, -0.2) is 48.4 Å². The highest BCUT2D eigenvalue weighted by atomic mass is 16.2. The summed E-state index contributed by atoms with van der Waals surface area (Å²) in [5.41, 5.74) is 1.97. The standard InChI is InChI=1S/C19H24N4O/c1-2-16-5-7-18(8-6-16)19(24)23-12-10-22(11-13-23)15-17(14-21)4-3-9-20/h5-8,17H,2-4,10-13,15H2,1H3. The number of hydrogen-bond acceptors (Lipinski definition) is 4. The van der Waals surface area contributed by atoms with Crippen molar-refractivity contribution in [3.63, 3.8) is 0 Å².